The number of hydrogen-bond donors (Lipinski definition) is 2. The first-order valence-electron chi connectivity index (χ1n) is 19.5. The van der Waals surface area contributed by atoms with Crippen LogP contribution in [0.4, 0.5) is 0 Å². The first-order chi connectivity index (χ1) is 22.1. The van der Waals surface area contributed by atoms with Crippen molar-refractivity contribution in [3.63, 3.8) is 0 Å². The summed E-state index contributed by atoms with van der Waals surface area (Å²) < 4.78 is 4.94. The van der Waals surface area contributed by atoms with Gasteiger partial charge in [0.25, 0.3) is 0 Å². The van der Waals surface area contributed by atoms with Crippen LogP contribution in [0, 0.1) is 0 Å². The molecule has 1 aliphatic rings. The molecule has 2 N–H and O–H groups in total. The first kappa shape index (κ1) is 55.9. The van der Waals surface area contributed by atoms with Crippen LogP contribution in [0.2, 0.25) is 0 Å². The van der Waals surface area contributed by atoms with Crippen molar-refractivity contribution in [1.29, 1.82) is 0 Å². The second-order valence-corrected chi connectivity index (χ2v) is 24.8. The summed E-state index contributed by atoms with van der Waals surface area (Å²) in [7, 11) is 4.61. The second kappa shape index (κ2) is 50.3. The third-order valence-corrected chi connectivity index (χ3v) is 21.8. The summed E-state index contributed by atoms with van der Waals surface area (Å²) in [5, 5.41) is 7.46. The summed E-state index contributed by atoms with van der Waals surface area (Å²) in [5.74, 6) is 0. The predicted molar refractivity (Wildman–Crippen MR) is 233 cm³/mol. The molecule has 1 heterocycles. The SMILES string of the molecule is C1CCOC1.CCC[PH+](CCC)CCNCC[PH+](CCC)CCC.CCC[PH+](CCC)CCNCC[PH+](CCC)CCC.[Cl][IrH2].[IrH3]. The molecule has 0 atom stereocenters. The predicted octanol–water partition coefficient (Wildman–Crippen LogP) is 9.43. The molecule has 292 valence electrons. The monoisotopic (exact) mass is 1110 g/mol. The molecule has 0 saturated carbocycles. The van der Waals surface area contributed by atoms with E-state index in [2.05, 4.69) is 66.0 Å². The van der Waals surface area contributed by atoms with Crippen molar-refractivity contribution in [3.8, 4) is 0 Å². The van der Waals surface area contributed by atoms with Gasteiger partial charge in [-0.05, 0) is 64.2 Å². The molecule has 0 bridgehead atoms. The van der Waals surface area contributed by atoms with E-state index in [-0.39, 0.29) is 51.8 Å². The van der Waals surface area contributed by atoms with Crippen LogP contribution >= 0.6 is 41.3 Å². The van der Waals surface area contributed by atoms with Crippen LogP contribution in [0.15, 0.2) is 0 Å². The van der Waals surface area contributed by atoms with Gasteiger partial charge in [-0.15, -0.1) is 0 Å². The van der Waals surface area contributed by atoms with Gasteiger partial charge in [-0.25, -0.2) is 0 Å². The Balaban J connectivity index is -0.000000310. The molecule has 46 heavy (non-hydrogen) atoms. The maximum absolute atomic E-state index is 4.94. The number of ether oxygens (including phenoxy) is 1. The van der Waals surface area contributed by atoms with Gasteiger partial charge < -0.3 is 15.4 Å². The van der Waals surface area contributed by atoms with Crippen molar-refractivity contribution < 1.29 is 42.7 Å². The van der Waals surface area contributed by atoms with Crippen molar-refractivity contribution in [2.24, 2.45) is 0 Å². The van der Waals surface area contributed by atoms with Gasteiger partial charge in [0.2, 0.25) is 0 Å². The topological polar surface area (TPSA) is 33.3 Å². The molecule has 0 aliphatic carbocycles. The molecule has 1 radical (unpaired) electrons. The van der Waals surface area contributed by atoms with Gasteiger partial charge in [0.05, 0.1) is 73.9 Å². The van der Waals surface area contributed by atoms with Gasteiger partial charge in [-0.1, -0.05) is 55.4 Å². The molecule has 0 aromatic heterocycles. The standard InChI is InChI=1S/2C16H37NP2.C4H8O.ClH.2Ir.5H/c2*1-5-11-18(12-6-2)15-9-17-10-16-19(13-7-3)14-8-4;1-2-4-5-3-1;;;;;;;;/h2*17H,5-16H2,1-4H3;1-4H2;1H;;;;;;;/q;;;;;+1;;;;;/p+3. The molecule has 3 nitrogen and oxygen atoms in total. The molecule has 1 aliphatic heterocycles. The zero-order valence-corrected chi connectivity index (χ0v) is 42.8. The first-order valence-corrected chi connectivity index (χ1v) is 31.4. The molecular weight excluding hydrogens is 1020 g/mol. The molecule has 1 fully saturated rings. The number of nitrogens with one attached hydrogen (secondary N) is 2. The maximum atomic E-state index is 4.94. The van der Waals surface area contributed by atoms with E-state index in [1.165, 1.54) is 182 Å². The van der Waals surface area contributed by atoms with Crippen LogP contribution in [0.25, 0.3) is 0 Å². The van der Waals surface area contributed by atoms with E-state index in [0.29, 0.717) is 0 Å². The van der Waals surface area contributed by atoms with Gasteiger partial charge in [0.15, 0.2) is 0 Å². The van der Waals surface area contributed by atoms with Gasteiger partial charge in [0, 0.05) is 71.1 Å². The van der Waals surface area contributed by atoms with E-state index >= 15 is 0 Å². The zero-order valence-electron chi connectivity index (χ0n) is 32.4. The summed E-state index contributed by atoms with van der Waals surface area (Å²) in [5.41, 5.74) is 0. The molecule has 0 aromatic carbocycles. The quantitative estimate of drug-likeness (QED) is 0.0606. The fraction of sp³-hybridized carbons (Fsp3) is 1.00. The van der Waals surface area contributed by atoms with Gasteiger partial charge in [-0.2, -0.15) is 0 Å². The normalized spacial score (nSPS) is 12.4. The van der Waals surface area contributed by atoms with Gasteiger partial charge in [-0.3, -0.25) is 0 Å². The molecule has 1 rings (SSSR count). The van der Waals surface area contributed by atoms with E-state index < -0.39 is 0 Å². The summed E-state index contributed by atoms with van der Waals surface area (Å²) in [6.45, 7) is 25.9. The third-order valence-electron chi connectivity index (χ3n) is 8.28. The van der Waals surface area contributed by atoms with Crippen molar-refractivity contribution in [2.75, 3.05) is 113 Å². The summed E-state index contributed by atoms with van der Waals surface area (Å²) in [6.07, 6.45) is 31.9. The average molecular weight is 1110 g/mol. The Labute approximate surface area is 325 Å². The number of rotatable bonds is 28. The van der Waals surface area contributed by atoms with E-state index in [0.717, 1.165) is 13.2 Å². The summed E-state index contributed by atoms with van der Waals surface area (Å²) >= 11 is 1.19. The molecule has 0 spiro atoms. The Kier molecular flexibility index (Phi) is 61.2. The zero-order chi connectivity index (χ0) is 34.2. The van der Waals surface area contributed by atoms with Crippen molar-refractivity contribution >= 4 is 41.3 Å². The van der Waals surface area contributed by atoms with E-state index in [4.69, 9.17) is 14.3 Å². The van der Waals surface area contributed by atoms with E-state index in [1.807, 2.05) is 0 Å². The molecule has 10 heteroatoms. The van der Waals surface area contributed by atoms with Gasteiger partial charge >= 0.3 is 47.6 Å². The summed E-state index contributed by atoms with van der Waals surface area (Å²) in [6, 6.07) is 0. The Hall–Kier alpha value is 3.19. The summed E-state index contributed by atoms with van der Waals surface area (Å²) in [4.78, 5) is 0. The molecule has 0 unspecified atom stereocenters. The number of hydrogen-bond acceptors (Lipinski definition) is 3. The Morgan fingerprint density at radius 1 is 0.413 bits per heavy atom. The van der Waals surface area contributed by atoms with Crippen LogP contribution in [0.5, 0.6) is 0 Å². The van der Waals surface area contributed by atoms with E-state index in [9.17, 15) is 0 Å². The van der Waals surface area contributed by atoms with Crippen molar-refractivity contribution in [1.82, 2.24) is 10.6 Å². The average Bonchev–Trinajstić information content (AvgIpc) is 3.63. The fourth-order valence-corrected chi connectivity index (χ4v) is 16.9. The Bertz CT molecular complexity index is 413. The minimum atomic E-state index is -0.0211. The molecule has 0 aromatic rings. The Morgan fingerprint density at radius 2 is 0.609 bits per heavy atom. The van der Waals surface area contributed by atoms with Crippen LogP contribution < -0.4 is 10.6 Å². The van der Waals surface area contributed by atoms with Crippen LogP contribution in [0.1, 0.15) is 120 Å². The van der Waals surface area contributed by atoms with Crippen molar-refractivity contribution in [3.05, 3.63) is 0 Å². The van der Waals surface area contributed by atoms with Crippen LogP contribution in [-0.4, -0.2) is 113 Å². The third kappa shape index (κ3) is 43.4. The van der Waals surface area contributed by atoms with Crippen LogP contribution in [0.3, 0.4) is 0 Å². The second-order valence-electron chi connectivity index (χ2n) is 12.8. The number of halogens is 1. The van der Waals surface area contributed by atoms with E-state index in [1.54, 1.807) is 0 Å². The Morgan fingerprint density at radius 3 is 0.739 bits per heavy atom. The van der Waals surface area contributed by atoms with Crippen LogP contribution in [-0.2, 0) is 42.7 Å². The fourth-order valence-electron chi connectivity index (χ4n) is 6.15. The molecular formula is C36H91ClIr2N2OP4+4. The molecule has 0 amide bonds. The molecule has 1 saturated heterocycles. The van der Waals surface area contributed by atoms with Gasteiger partial charge in [0.1, 0.15) is 0 Å². The minimum absolute atomic E-state index is 0. The van der Waals surface area contributed by atoms with Crippen molar-refractivity contribution in [2.45, 2.75) is 120 Å².